The van der Waals surface area contributed by atoms with Crippen LogP contribution < -0.4 is 0 Å². The zero-order valence-corrected chi connectivity index (χ0v) is 13.7. The fourth-order valence-corrected chi connectivity index (χ4v) is 2.22. The number of carbonyl (C=O) groups excluding carboxylic acids is 4. The summed E-state index contributed by atoms with van der Waals surface area (Å²) in [4.78, 5) is 44.7. The van der Waals surface area contributed by atoms with Gasteiger partial charge in [-0.1, -0.05) is 0 Å². The molecular formula is C14H20O10. The summed E-state index contributed by atoms with van der Waals surface area (Å²) in [5.74, 6) is -2.80. The van der Waals surface area contributed by atoms with Crippen molar-refractivity contribution in [3.05, 3.63) is 0 Å². The van der Waals surface area contributed by atoms with Crippen molar-refractivity contribution < 1.29 is 48.0 Å². The molecule has 1 aliphatic rings. The molecule has 24 heavy (non-hydrogen) atoms. The Morgan fingerprint density at radius 3 is 1.92 bits per heavy atom. The molecule has 0 aromatic rings. The van der Waals surface area contributed by atoms with Crippen LogP contribution in [0.2, 0.25) is 0 Å². The van der Waals surface area contributed by atoms with Gasteiger partial charge in [-0.15, -0.1) is 0 Å². The molecule has 0 spiro atoms. The highest BCUT2D eigenvalue weighted by atomic mass is 16.7. The zero-order valence-electron chi connectivity index (χ0n) is 13.7. The van der Waals surface area contributed by atoms with Crippen molar-refractivity contribution in [3.63, 3.8) is 0 Å². The second kappa shape index (κ2) is 8.60. The molecule has 1 fully saturated rings. The van der Waals surface area contributed by atoms with Crippen LogP contribution in [0.4, 0.5) is 0 Å². The van der Waals surface area contributed by atoms with E-state index in [-0.39, 0.29) is 0 Å². The summed E-state index contributed by atoms with van der Waals surface area (Å²) in [6, 6.07) is 0. The Hall–Kier alpha value is -2.20. The number of aliphatic hydroxyl groups excluding tert-OH is 1. The standard InChI is InChI=1S/C14H20O10/c1-6(15)20-5-10(21-7(2)16)11-12(22-8(3)17)13(14(19)24-11)23-9(4)18/h10-14,19H,5H2,1-4H3/t10-,11-,12+,13+,14?/m1/s1. The summed E-state index contributed by atoms with van der Waals surface area (Å²) in [5.41, 5.74) is 0. The Balaban J connectivity index is 3.03. The van der Waals surface area contributed by atoms with Gasteiger partial charge in [-0.3, -0.25) is 19.2 Å². The molecule has 10 nitrogen and oxygen atoms in total. The lowest BCUT2D eigenvalue weighted by Gasteiger charge is -2.27. The van der Waals surface area contributed by atoms with Crippen molar-refractivity contribution in [1.82, 2.24) is 0 Å². The second-order valence-corrected chi connectivity index (χ2v) is 5.09. The van der Waals surface area contributed by atoms with Crippen LogP contribution in [0.25, 0.3) is 0 Å². The van der Waals surface area contributed by atoms with Crippen LogP contribution >= 0.6 is 0 Å². The normalized spacial score (nSPS) is 27.0. The van der Waals surface area contributed by atoms with Gasteiger partial charge in [-0.05, 0) is 0 Å². The third kappa shape index (κ3) is 5.78. The predicted molar refractivity (Wildman–Crippen MR) is 74.2 cm³/mol. The van der Waals surface area contributed by atoms with E-state index >= 15 is 0 Å². The highest BCUT2D eigenvalue weighted by molar-refractivity contribution is 5.68. The first-order chi connectivity index (χ1) is 11.1. The molecule has 1 rings (SSSR count). The van der Waals surface area contributed by atoms with Crippen molar-refractivity contribution in [2.24, 2.45) is 0 Å². The first kappa shape index (κ1) is 19.8. The summed E-state index contributed by atoms with van der Waals surface area (Å²) in [6.45, 7) is 4.10. The molecule has 1 unspecified atom stereocenters. The number of hydrogen-bond donors (Lipinski definition) is 1. The molecule has 0 aromatic heterocycles. The Labute approximate surface area is 137 Å². The van der Waals surface area contributed by atoms with Crippen LogP contribution in [0, 0.1) is 0 Å². The molecule has 0 amide bonds. The zero-order chi connectivity index (χ0) is 18.4. The van der Waals surface area contributed by atoms with Gasteiger partial charge >= 0.3 is 23.9 Å². The van der Waals surface area contributed by atoms with E-state index in [9.17, 15) is 24.3 Å². The Kier molecular flexibility index (Phi) is 7.11. The molecule has 1 saturated heterocycles. The summed E-state index contributed by atoms with van der Waals surface area (Å²) < 4.78 is 25.0. The van der Waals surface area contributed by atoms with Gasteiger partial charge in [0.1, 0.15) is 12.7 Å². The van der Waals surface area contributed by atoms with E-state index in [1.165, 1.54) is 0 Å². The highest BCUT2D eigenvalue weighted by Gasteiger charge is 2.52. The fourth-order valence-electron chi connectivity index (χ4n) is 2.22. The molecule has 1 N–H and O–H groups in total. The molecule has 0 saturated carbocycles. The van der Waals surface area contributed by atoms with E-state index < -0.39 is 61.2 Å². The van der Waals surface area contributed by atoms with Crippen molar-refractivity contribution in [2.45, 2.75) is 58.4 Å². The number of esters is 4. The average Bonchev–Trinajstić information content (AvgIpc) is 2.70. The van der Waals surface area contributed by atoms with E-state index in [1.54, 1.807) is 0 Å². The molecule has 1 heterocycles. The van der Waals surface area contributed by atoms with Gasteiger partial charge < -0.3 is 28.8 Å². The highest BCUT2D eigenvalue weighted by Crippen LogP contribution is 2.29. The van der Waals surface area contributed by atoms with Crippen LogP contribution in [-0.4, -0.2) is 66.3 Å². The quantitative estimate of drug-likeness (QED) is 0.473. The number of aliphatic hydroxyl groups is 1. The molecule has 0 radical (unpaired) electrons. The molecule has 0 aromatic carbocycles. The summed E-state index contributed by atoms with van der Waals surface area (Å²) in [6.07, 6.45) is -6.55. The molecule has 0 bridgehead atoms. The van der Waals surface area contributed by atoms with E-state index in [0.717, 1.165) is 27.7 Å². The van der Waals surface area contributed by atoms with Crippen LogP contribution in [0.15, 0.2) is 0 Å². The minimum Gasteiger partial charge on any atom is -0.462 e. The maximum absolute atomic E-state index is 11.3. The third-order valence-corrected chi connectivity index (χ3v) is 2.96. The van der Waals surface area contributed by atoms with E-state index in [4.69, 9.17) is 23.7 Å². The Bertz CT molecular complexity index is 502. The van der Waals surface area contributed by atoms with Gasteiger partial charge in [0, 0.05) is 27.7 Å². The number of rotatable bonds is 6. The topological polar surface area (TPSA) is 135 Å². The van der Waals surface area contributed by atoms with Gasteiger partial charge in [-0.2, -0.15) is 0 Å². The second-order valence-electron chi connectivity index (χ2n) is 5.09. The third-order valence-electron chi connectivity index (χ3n) is 2.96. The van der Waals surface area contributed by atoms with Gasteiger partial charge in [0.25, 0.3) is 0 Å². The minimum atomic E-state index is -1.61. The first-order valence-electron chi connectivity index (χ1n) is 7.10. The lowest BCUT2D eigenvalue weighted by molar-refractivity contribution is -0.184. The molecule has 10 heteroatoms. The molecular weight excluding hydrogens is 328 g/mol. The summed E-state index contributed by atoms with van der Waals surface area (Å²) in [5, 5.41) is 9.91. The maximum atomic E-state index is 11.3. The van der Waals surface area contributed by atoms with Gasteiger partial charge in [0.2, 0.25) is 0 Å². The molecule has 0 aliphatic carbocycles. The maximum Gasteiger partial charge on any atom is 0.303 e. The monoisotopic (exact) mass is 348 g/mol. The average molecular weight is 348 g/mol. The van der Waals surface area contributed by atoms with Crippen molar-refractivity contribution in [1.29, 1.82) is 0 Å². The van der Waals surface area contributed by atoms with Crippen molar-refractivity contribution in [3.8, 4) is 0 Å². The van der Waals surface area contributed by atoms with E-state index in [0.29, 0.717) is 0 Å². The van der Waals surface area contributed by atoms with Crippen LogP contribution in [-0.2, 0) is 42.9 Å². The lowest BCUT2D eigenvalue weighted by atomic mass is 10.1. The first-order valence-corrected chi connectivity index (χ1v) is 7.10. The molecule has 1 aliphatic heterocycles. The van der Waals surface area contributed by atoms with Gasteiger partial charge in [0.05, 0.1) is 0 Å². The molecule has 5 atom stereocenters. The SMILES string of the molecule is CC(=O)OC[C@@H](OC(C)=O)[C@H]1OC(O)[C@@H](OC(C)=O)[C@H]1OC(C)=O. The van der Waals surface area contributed by atoms with Gasteiger partial charge in [0.15, 0.2) is 24.6 Å². The Morgan fingerprint density at radius 1 is 0.917 bits per heavy atom. The number of ether oxygens (including phenoxy) is 5. The smallest absolute Gasteiger partial charge is 0.303 e. The van der Waals surface area contributed by atoms with Crippen molar-refractivity contribution in [2.75, 3.05) is 6.61 Å². The predicted octanol–water partition coefficient (Wildman–Crippen LogP) is -0.938. The Morgan fingerprint density at radius 2 is 1.46 bits per heavy atom. The van der Waals surface area contributed by atoms with Crippen LogP contribution in [0.1, 0.15) is 27.7 Å². The molecule has 136 valence electrons. The van der Waals surface area contributed by atoms with Crippen LogP contribution in [0.5, 0.6) is 0 Å². The van der Waals surface area contributed by atoms with E-state index in [2.05, 4.69) is 0 Å². The van der Waals surface area contributed by atoms with E-state index in [1.807, 2.05) is 0 Å². The number of carbonyl (C=O) groups is 4. The number of hydrogen-bond acceptors (Lipinski definition) is 10. The van der Waals surface area contributed by atoms with Crippen molar-refractivity contribution >= 4 is 23.9 Å². The fraction of sp³-hybridized carbons (Fsp3) is 0.714. The lowest BCUT2D eigenvalue weighted by Crippen LogP contribution is -2.46. The minimum absolute atomic E-state index is 0.392. The largest absolute Gasteiger partial charge is 0.462 e. The summed E-state index contributed by atoms with van der Waals surface area (Å²) in [7, 11) is 0. The summed E-state index contributed by atoms with van der Waals surface area (Å²) >= 11 is 0. The van der Waals surface area contributed by atoms with Crippen LogP contribution in [0.3, 0.4) is 0 Å². The van der Waals surface area contributed by atoms with Gasteiger partial charge in [-0.25, -0.2) is 0 Å².